The van der Waals surface area contributed by atoms with Crippen molar-refractivity contribution in [2.24, 2.45) is 0 Å². The number of carbonyl (C=O) groups excluding carboxylic acids is 1. The molecule has 0 spiro atoms. The fourth-order valence-electron chi connectivity index (χ4n) is 2.65. The molecule has 24 heavy (non-hydrogen) atoms. The molecule has 1 amide bonds. The fourth-order valence-corrected chi connectivity index (χ4v) is 4.35. The second-order valence-electron chi connectivity index (χ2n) is 5.66. The number of hydrogen-bond acceptors (Lipinski definition) is 5. The van der Waals surface area contributed by atoms with Crippen molar-refractivity contribution in [2.75, 3.05) is 33.4 Å². The highest BCUT2D eigenvalue weighted by atomic mass is 32.2. The Hall–Kier alpha value is -1.64. The molecule has 1 aliphatic rings. The van der Waals surface area contributed by atoms with Crippen molar-refractivity contribution in [3.63, 3.8) is 0 Å². The molecule has 8 heteroatoms. The number of aliphatic hydroxyl groups excluding tert-OH is 1. The van der Waals surface area contributed by atoms with E-state index in [0.717, 1.165) is 19.3 Å². The van der Waals surface area contributed by atoms with Crippen LogP contribution in [0.3, 0.4) is 0 Å². The molecule has 2 rings (SSSR count). The molecule has 0 unspecified atom stereocenters. The number of sulfonamides is 1. The van der Waals surface area contributed by atoms with E-state index in [0.29, 0.717) is 26.1 Å². The maximum Gasteiger partial charge on any atom is 0.251 e. The highest BCUT2D eigenvalue weighted by molar-refractivity contribution is 7.89. The van der Waals surface area contributed by atoms with Gasteiger partial charge in [-0.2, -0.15) is 4.31 Å². The largest absolute Gasteiger partial charge is 0.495 e. The Morgan fingerprint density at radius 2 is 2.00 bits per heavy atom. The van der Waals surface area contributed by atoms with E-state index < -0.39 is 10.0 Å². The summed E-state index contributed by atoms with van der Waals surface area (Å²) in [7, 11) is -2.29. The molecular weight excluding hydrogens is 332 g/mol. The third kappa shape index (κ3) is 4.25. The van der Waals surface area contributed by atoms with Gasteiger partial charge in [0.25, 0.3) is 5.91 Å². The lowest BCUT2D eigenvalue weighted by Gasteiger charge is -2.26. The summed E-state index contributed by atoms with van der Waals surface area (Å²) in [6.07, 6.45) is 3.14. The lowest BCUT2D eigenvalue weighted by Crippen LogP contribution is -2.36. The summed E-state index contributed by atoms with van der Waals surface area (Å²) in [5.41, 5.74) is 0.254. The monoisotopic (exact) mass is 356 g/mol. The predicted octanol–water partition coefficient (Wildman–Crippen LogP) is 0.982. The van der Waals surface area contributed by atoms with Crippen molar-refractivity contribution in [1.82, 2.24) is 9.62 Å². The van der Waals surface area contributed by atoms with Crippen LogP contribution in [0.4, 0.5) is 0 Å². The topological polar surface area (TPSA) is 95.9 Å². The SMILES string of the molecule is COc1ccc(C(=O)NCCCO)cc1S(=O)(=O)N1CCCCC1. The number of aliphatic hydroxyl groups is 1. The zero-order valence-corrected chi connectivity index (χ0v) is 14.6. The summed E-state index contributed by atoms with van der Waals surface area (Å²) in [6, 6.07) is 4.39. The Balaban J connectivity index is 2.30. The maximum absolute atomic E-state index is 12.9. The van der Waals surface area contributed by atoms with Crippen molar-refractivity contribution < 1.29 is 23.1 Å². The first-order valence-electron chi connectivity index (χ1n) is 8.08. The van der Waals surface area contributed by atoms with E-state index in [4.69, 9.17) is 9.84 Å². The number of benzene rings is 1. The number of nitrogens with zero attached hydrogens (tertiary/aromatic N) is 1. The number of ether oxygens (including phenoxy) is 1. The molecule has 0 saturated carbocycles. The maximum atomic E-state index is 12.9. The van der Waals surface area contributed by atoms with Crippen LogP contribution >= 0.6 is 0 Å². The van der Waals surface area contributed by atoms with Gasteiger partial charge >= 0.3 is 0 Å². The average molecular weight is 356 g/mol. The van der Waals surface area contributed by atoms with E-state index in [1.54, 1.807) is 0 Å². The Labute approximate surface area is 142 Å². The molecule has 1 aromatic carbocycles. The number of rotatable bonds is 7. The van der Waals surface area contributed by atoms with E-state index in [2.05, 4.69) is 5.32 Å². The zero-order chi connectivity index (χ0) is 17.6. The molecule has 1 aliphatic heterocycles. The van der Waals surface area contributed by atoms with Gasteiger partial charge in [-0.15, -0.1) is 0 Å². The normalized spacial score (nSPS) is 15.9. The van der Waals surface area contributed by atoms with E-state index in [9.17, 15) is 13.2 Å². The van der Waals surface area contributed by atoms with E-state index in [1.165, 1.54) is 29.6 Å². The van der Waals surface area contributed by atoms with Crippen molar-refractivity contribution >= 4 is 15.9 Å². The van der Waals surface area contributed by atoms with Crippen LogP contribution in [0.1, 0.15) is 36.0 Å². The third-order valence-electron chi connectivity index (χ3n) is 3.98. The van der Waals surface area contributed by atoms with Gasteiger partial charge in [0.05, 0.1) is 7.11 Å². The summed E-state index contributed by atoms with van der Waals surface area (Å²) in [5.74, 6) is -0.145. The standard InChI is InChI=1S/C16H24N2O5S/c1-23-14-7-6-13(16(20)17-8-5-11-19)12-15(14)24(21,22)18-9-3-2-4-10-18/h6-7,12,19H,2-5,8-11H2,1H3,(H,17,20). The van der Waals surface area contributed by atoms with Crippen LogP contribution in [0.25, 0.3) is 0 Å². The summed E-state index contributed by atoms with van der Waals surface area (Å²) < 4.78 is 32.4. The van der Waals surface area contributed by atoms with Gasteiger partial charge < -0.3 is 15.2 Å². The average Bonchev–Trinajstić information content (AvgIpc) is 2.62. The molecule has 0 bridgehead atoms. The number of piperidine rings is 1. The first-order valence-corrected chi connectivity index (χ1v) is 9.52. The molecular formula is C16H24N2O5S. The second kappa shape index (κ2) is 8.46. The van der Waals surface area contributed by atoms with Gasteiger partial charge in [-0.3, -0.25) is 4.79 Å². The van der Waals surface area contributed by atoms with Crippen LogP contribution in [0.5, 0.6) is 5.75 Å². The quantitative estimate of drug-likeness (QED) is 0.710. The fraction of sp³-hybridized carbons (Fsp3) is 0.562. The van der Waals surface area contributed by atoms with Gasteiger partial charge in [0.1, 0.15) is 10.6 Å². The minimum Gasteiger partial charge on any atom is -0.495 e. The first kappa shape index (κ1) is 18.7. The van der Waals surface area contributed by atoms with Crippen LogP contribution < -0.4 is 10.1 Å². The van der Waals surface area contributed by atoms with Gasteiger partial charge in [-0.05, 0) is 37.5 Å². The highest BCUT2D eigenvalue weighted by Gasteiger charge is 2.29. The number of carbonyl (C=O) groups is 1. The van der Waals surface area contributed by atoms with Crippen molar-refractivity contribution in [2.45, 2.75) is 30.6 Å². The van der Waals surface area contributed by atoms with Crippen LogP contribution in [0.2, 0.25) is 0 Å². The van der Waals surface area contributed by atoms with Crippen LogP contribution in [0, 0.1) is 0 Å². The minimum atomic E-state index is -3.70. The van der Waals surface area contributed by atoms with Crippen LogP contribution in [0.15, 0.2) is 23.1 Å². The van der Waals surface area contributed by atoms with Gasteiger partial charge in [0.15, 0.2) is 0 Å². The summed E-state index contributed by atoms with van der Waals surface area (Å²) in [4.78, 5) is 12.1. The Morgan fingerprint density at radius 1 is 1.29 bits per heavy atom. The van der Waals surface area contributed by atoms with E-state index >= 15 is 0 Å². The van der Waals surface area contributed by atoms with Gasteiger partial charge in [0.2, 0.25) is 10.0 Å². The molecule has 0 radical (unpaired) electrons. The molecule has 1 saturated heterocycles. The molecule has 1 aromatic rings. The van der Waals surface area contributed by atoms with Gasteiger partial charge in [-0.1, -0.05) is 6.42 Å². The molecule has 1 heterocycles. The molecule has 1 fully saturated rings. The number of amides is 1. The number of hydrogen-bond donors (Lipinski definition) is 2. The Morgan fingerprint density at radius 3 is 2.62 bits per heavy atom. The van der Waals surface area contributed by atoms with Gasteiger partial charge in [0, 0.05) is 31.8 Å². The van der Waals surface area contributed by atoms with Crippen molar-refractivity contribution in [3.05, 3.63) is 23.8 Å². The summed E-state index contributed by atoms with van der Waals surface area (Å²) >= 11 is 0. The molecule has 2 N–H and O–H groups in total. The molecule has 0 atom stereocenters. The lowest BCUT2D eigenvalue weighted by atomic mass is 10.2. The van der Waals surface area contributed by atoms with Crippen LogP contribution in [-0.4, -0.2) is 57.1 Å². The van der Waals surface area contributed by atoms with Crippen molar-refractivity contribution in [3.8, 4) is 5.75 Å². The molecule has 7 nitrogen and oxygen atoms in total. The van der Waals surface area contributed by atoms with Crippen molar-refractivity contribution in [1.29, 1.82) is 0 Å². The Bertz CT molecular complexity index is 669. The summed E-state index contributed by atoms with van der Waals surface area (Å²) in [6.45, 7) is 1.28. The van der Waals surface area contributed by atoms with Crippen LogP contribution in [-0.2, 0) is 10.0 Å². The minimum absolute atomic E-state index is 0.0155. The molecule has 0 aromatic heterocycles. The predicted molar refractivity (Wildman–Crippen MR) is 89.6 cm³/mol. The first-order chi connectivity index (χ1) is 11.5. The molecule has 0 aliphatic carbocycles. The second-order valence-corrected chi connectivity index (χ2v) is 7.57. The Kier molecular flexibility index (Phi) is 6.59. The molecule has 134 valence electrons. The lowest BCUT2D eigenvalue weighted by molar-refractivity contribution is 0.0951. The third-order valence-corrected chi connectivity index (χ3v) is 5.90. The number of nitrogens with one attached hydrogen (secondary N) is 1. The summed E-state index contributed by atoms with van der Waals surface area (Å²) in [5, 5.41) is 11.4. The number of methoxy groups -OCH3 is 1. The smallest absolute Gasteiger partial charge is 0.251 e. The highest BCUT2D eigenvalue weighted by Crippen LogP contribution is 2.29. The van der Waals surface area contributed by atoms with Gasteiger partial charge in [-0.25, -0.2) is 8.42 Å². The van der Waals surface area contributed by atoms with E-state index in [1.807, 2.05) is 0 Å². The van der Waals surface area contributed by atoms with E-state index in [-0.39, 0.29) is 28.7 Å². The zero-order valence-electron chi connectivity index (χ0n) is 13.8.